The second kappa shape index (κ2) is 5.11. The van der Waals surface area contributed by atoms with E-state index in [0.717, 1.165) is 9.35 Å². The number of benzene rings is 1. The highest BCUT2D eigenvalue weighted by molar-refractivity contribution is 9.11. The van der Waals surface area contributed by atoms with Crippen molar-refractivity contribution in [2.24, 2.45) is 0 Å². The van der Waals surface area contributed by atoms with Crippen molar-refractivity contribution in [2.45, 2.75) is 6.92 Å². The van der Waals surface area contributed by atoms with Gasteiger partial charge in [-0.1, -0.05) is 23.2 Å². The van der Waals surface area contributed by atoms with E-state index in [1.165, 1.54) is 11.3 Å². The summed E-state index contributed by atoms with van der Waals surface area (Å²) in [6.07, 6.45) is 0. The summed E-state index contributed by atoms with van der Waals surface area (Å²) in [6, 6.07) is 6.71. The van der Waals surface area contributed by atoms with E-state index in [0.29, 0.717) is 20.5 Å². The average molecular weight is 350 g/mol. The number of aryl methyl sites for hydroxylation is 1. The molecule has 2 rings (SSSR count). The molecule has 0 amide bonds. The van der Waals surface area contributed by atoms with Crippen molar-refractivity contribution in [1.82, 2.24) is 0 Å². The molecule has 0 fully saturated rings. The topological polar surface area (TPSA) is 17.1 Å². The van der Waals surface area contributed by atoms with Crippen molar-refractivity contribution in [3.05, 3.63) is 54.1 Å². The van der Waals surface area contributed by atoms with Gasteiger partial charge in [0.25, 0.3) is 0 Å². The number of carbonyl (C=O) groups excluding carboxylic acids is 1. The molecular weight excluding hydrogens is 343 g/mol. The van der Waals surface area contributed by atoms with Crippen LogP contribution in [0.4, 0.5) is 0 Å². The lowest BCUT2D eigenvalue weighted by Gasteiger charge is -2.00. The maximum absolute atomic E-state index is 12.2. The van der Waals surface area contributed by atoms with Crippen molar-refractivity contribution in [2.75, 3.05) is 0 Å². The van der Waals surface area contributed by atoms with Gasteiger partial charge in [-0.05, 0) is 52.7 Å². The second-order valence-corrected chi connectivity index (χ2v) is 6.80. The third kappa shape index (κ3) is 2.91. The van der Waals surface area contributed by atoms with Gasteiger partial charge < -0.3 is 0 Å². The standard InChI is InChI=1S/C12H7BrCl2OS/c1-6-2-10(17-12(6)13)11(16)7-3-8(14)5-9(15)4-7/h2-5H,1H3. The predicted octanol–water partition coefficient (Wildman–Crippen LogP) is 5.36. The summed E-state index contributed by atoms with van der Waals surface area (Å²) in [4.78, 5) is 12.9. The van der Waals surface area contributed by atoms with Gasteiger partial charge in [-0.25, -0.2) is 0 Å². The van der Waals surface area contributed by atoms with Crippen LogP contribution in [0.1, 0.15) is 20.8 Å². The zero-order chi connectivity index (χ0) is 12.6. The van der Waals surface area contributed by atoms with Crippen molar-refractivity contribution in [3.8, 4) is 0 Å². The molecule has 0 bridgehead atoms. The Balaban J connectivity index is 2.43. The molecule has 2 aromatic rings. The Morgan fingerprint density at radius 2 is 1.76 bits per heavy atom. The summed E-state index contributed by atoms with van der Waals surface area (Å²) in [5.41, 5.74) is 1.56. The molecule has 0 aliphatic rings. The normalized spacial score (nSPS) is 10.6. The number of ketones is 1. The first-order chi connectivity index (χ1) is 7.97. The van der Waals surface area contributed by atoms with E-state index in [9.17, 15) is 4.79 Å². The molecule has 0 unspecified atom stereocenters. The summed E-state index contributed by atoms with van der Waals surface area (Å²) in [5, 5.41) is 0.932. The number of halogens is 3. The van der Waals surface area contributed by atoms with E-state index in [2.05, 4.69) is 15.9 Å². The lowest BCUT2D eigenvalue weighted by Crippen LogP contribution is -1.98. The lowest BCUT2D eigenvalue weighted by atomic mass is 10.1. The molecule has 1 heterocycles. The molecule has 0 radical (unpaired) electrons. The van der Waals surface area contributed by atoms with Crippen LogP contribution in [0.25, 0.3) is 0 Å². The Labute approximate surface area is 121 Å². The van der Waals surface area contributed by atoms with Gasteiger partial charge in [0, 0.05) is 15.6 Å². The zero-order valence-electron chi connectivity index (χ0n) is 8.76. The first kappa shape index (κ1) is 13.1. The van der Waals surface area contributed by atoms with E-state index in [-0.39, 0.29) is 5.78 Å². The van der Waals surface area contributed by atoms with Crippen LogP contribution in [-0.4, -0.2) is 5.78 Å². The number of hydrogen-bond acceptors (Lipinski definition) is 2. The molecule has 0 saturated carbocycles. The highest BCUT2D eigenvalue weighted by Crippen LogP contribution is 2.30. The third-order valence-corrected chi connectivity index (χ3v) is 4.78. The molecular formula is C12H7BrCl2OS. The average Bonchev–Trinajstić information content (AvgIpc) is 2.57. The first-order valence-electron chi connectivity index (χ1n) is 4.74. The van der Waals surface area contributed by atoms with E-state index in [1.807, 2.05) is 13.0 Å². The summed E-state index contributed by atoms with van der Waals surface area (Å²) < 4.78 is 0.967. The quantitative estimate of drug-likeness (QED) is 0.667. The molecule has 1 aromatic carbocycles. The maximum Gasteiger partial charge on any atom is 0.203 e. The van der Waals surface area contributed by atoms with Gasteiger partial charge >= 0.3 is 0 Å². The molecule has 1 nitrogen and oxygen atoms in total. The fraction of sp³-hybridized carbons (Fsp3) is 0.0833. The van der Waals surface area contributed by atoms with Gasteiger partial charge in [0.05, 0.1) is 8.66 Å². The zero-order valence-corrected chi connectivity index (χ0v) is 12.7. The number of carbonyl (C=O) groups is 1. The maximum atomic E-state index is 12.2. The van der Waals surface area contributed by atoms with Crippen molar-refractivity contribution >= 4 is 56.3 Å². The Morgan fingerprint density at radius 1 is 1.18 bits per heavy atom. The SMILES string of the molecule is Cc1cc(C(=O)c2cc(Cl)cc(Cl)c2)sc1Br. The van der Waals surface area contributed by atoms with Crippen molar-refractivity contribution < 1.29 is 4.79 Å². The number of rotatable bonds is 2. The smallest absolute Gasteiger partial charge is 0.203 e. The molecule has 17 heavy (non-hydrogen) atoms. The molecule has 1 aromatic heterocycles. The van der Waals surface area contributed by atoms with E-state index >= 15 is 0 Å². The van der Waals surface area contributed by atoms with Gasteiger partial charge in [0.2, 0.25) is 5.78 Å². The molecule has 0 spiro atoms. The van der Waals surface area contributed by atoms with Crippen LogP contribution in [0, 0.1) is 6.92 Å². The number of hydrogen-bond donors (Lipinski definition) is 0. The minimum Gasteiger partial charge on any atom is -0.288 e. The fourth-order valence-electron chi connectivity index (χ4n) is 1.40. The van der Waals surface area contributed by atoms with Gasteiger partial charge in [-0.3, -0.25) is 4.79 Å². The number of thiophene rings is 1. The van der Waals surface area contributed by atoms with Crippen LogP contribution in [0.15, 0.2) is 28.1 Å². The Bertz CT molecular complexity index is 552. The van der Waals surface area contributed by atoms with E-state index in [4.69, 9.17) is 23.2 Å². The fourth-order valence-corrected chi connectivity index (χ4v) is 3.42. The van der Waals surface area contributed by atoms with Crippen LogP contribution in [-0.2, 0) is 0 Å². The van der Waals surface area contributed by atoms with Crippen molar-refractivity contribution in [1.29, 1.82) is 0 Å². The van der Waals surface area contributed by atoms with Gasteiger partial charge in [-0.2, -0.15) is 0 Å². The van der Waals surface area contributed by atoms with Gasteiger partial charge in [0.15, 0.2) is 0 Å². The Kier molecular flexibility index (Phi) is 3.93. The lowest BCUT2D eigenvalue weighted by molar-refractivity contribution is 0.104. The molecule has 5 heteroatoms. The van der Waals surface area contributed by atoms with Crippen LogP contribution < -0.4 is 0 Å². The Morgan fingerprint density at radius 3 is 2.24 bits per heavy atom. The monoisotopic (exact) mass is 348 g/mol. The molecule has 0 N–H and O–H groups in total. The molecule has 0 aliphatic carbocycles. The molecule has 0 atom stereocenters. The molecule has 0 saturated heterocycles. The summed E-state index contributed by atoms with van der Waals surface area (Å²) in [7, 11) is 0. The van der Waals surface area contributed by atoms with E-state index < -0.39 is 0 Å². The van der Waals surface area contributed by atoms with Crippen LogP contribution >= 0.6 is 50.5 Å². The van der Waals surface area contributed by atoms with E-state index in [1.54, 1.807) is 18.2 Å². The summed E-state index contributed by atoms with van der Waals surface area (Å²) in [6.45, 7) is 1.95. The van der Waals surface area contributed by atoms with Crippen LogP contribution in [0.2, 0.25) is 10.0 Å². The Hall–Kier alpha value is -0.350. The predicted molar refractivity (Wildman–Crippen MR) is 76.7 cm³/mol. The minimum atomic E-state index is -0.0619. The molecule has 88 valence electrons. The van der Waals surface area contributed by atoms with Gasteiger partial charge in [0.1, 0.15) is 0 Å². The van der Waals surface area contributed by atoms with Crippen LogP contribution in [0.5, 0.6) is 0 Å². The second-order valence-electron chi connectivity index (χ2n) is 3.55. The van der Waals surface area contributed by atoms with Crippen molar-refractivity contribution in [3.63, 3.8) is 0 Å². The molecule has 0 aliphatic heterocycles. The highest BCUT2D eigenvalue weighted by atomic mass is 79.9. The first-order valence-corrected chi connectivity index (χ1v) is 7.10. The summed E-state index contributed by atoms with van der Waals surface area (Å²) >= 11 is 16.6. The van der Waals surface area contributed by atoms with Gasteiger partial charge in [-0.15, -0.1) is 11.3 Å². The minimum absolute atomic E-state index is 0.0619. The third-order valence-electron chi connectivity index (χ3n) is 2.21. The summed E-state index contributed by atoms with van der Waals surface area (Å²) in [5.74, 6) is -0.0619. The highest BCUT2D eigenvalue weighted by Gasteiger charge is 2.14. The largest absolute Gasteiger partial charge is 0.288 e. The van der Waals surface area contributed by atoms with Crippen LogP contribution in [0.3, 0.4) is 0 Å².